The van der Waals surface area contributed by atoms with E-state index in [0.717, 1.165) is 4.90 Å². The molecule has 0 unspecified atom stereocenters. The molecule has 0 aliphatic carbocycles. The second kappa shape index (κ2) is 7.82. The van der Waals surface area contributed by atoms with Crippen molar-refractivity contribution in [3.63, 3.8) is 0 Å². The monoisotopic (exact) mass is 408 g/mol. The minimum absolute atomic E-state index is 0.0873. The second-order valence-electron chi connectivity index (χ2n) is 6.76. The number of nitrogens with one attached hydrogen (secondary N) is 1. The summed E-state index contributed by atoms with van der Waals surface area (Å²) in [5.41, 5.74) is 1.25. The van der Waals surface area contributed by atoms with Crippen LogP contribution in [0.1, 0.15) is 39.4 Å². The number of hydrogen-bond donors (Lipinski definition) is 1. The molecule has 1 aliphatic rings. The smallest absolute Gasteiger partial charge is 0.261 e. The maximum Gasteiger partial charge on any atom is 0.261 e. The van der Waals surface area contributed by atoms with Crippen LogP contribution in [0.25, 0.3) is 5.69 Å². The number of hydrogen-bond acceptors (Lipinski definition) is 6. The third-order valence-electron chi connectivity index (χ3n) is 4.75. The highest BCUT2D eigenvalue weighted by molar-refractivity contribution is 6.21. The topological polar surface area (TPSA) is 110 Å². The minimum Gasteiger partial charge on any atom is -0.326 e. The Morgan fingerprint density at radius 1 is 1.10 bits per heavy atom. The molecule has 10 heteroatoms. The van der Waals surface area contributed by atoms with Crippen LogP contribution in [-0.4, -0.2) is 49.4 Å². The molecule has 152 valence electrons. The van der Waals surface area contributed by atoms with Gasteiger partial charge in [0.2, 0.25) is 5.91 Å². The number of imide groups is 1. The van der Waals surface area contributed by atoms with Gasteiger partial charge in [-0.1, -0.05) is 12.1 Å². The summed E-state index contributed by atoms with van der Waals surface area (Å²) >= 11 is 0. The van der Waals surface area contributed by atoms with Gasteiger partial charge in [-0.2, -0.15) is 4.68 Å². The van der Waals surface area contributed by atoms with Gasteiger partial charge in [-0.15, -0.1) is 5.10 Å². The fourth-order valence-corrected chi connectivity index (χ4v) is 3.27. The molecule has 9 nitrogen and oxygen atoms in total. The van der Waals surface area contributed by atoms with Gasteiger partial charge in [0.25, 0.3) is 11.8 Å². The number of aryl methyl sites for hydroxylation is 1. The largest absolute Gasteiger partial charge is 0.326 e. The third kappa shape index (κ3) is 3.54. The summed E-state index contributed by atoms with van der Waals surface area (Å²) < 4.78 is 15.3. The zero-order valence-corrected chi connectivity index (χ0v) is 16.0. The summed E-state index contributed by atoms with van der Waals surface area (Å²) in [4.78, 5) is 38.1. The number of aromatic nitrogens is 4. The van der Waals surface area contributed by atoms with Crippen molar-refractivity contribution in [3.8, 4) is 5.69 Å². The SMILES string of the molecule is Cc1nnnn1-c1cc(NC(=O)CCCN2C(=O)c3ccccc3C2=O)ccc1F. The Labute approximate surface area is 170 Å². The lowest BCUT2D eigenvalue weighted by Gasteiger charge is -2.13. The van der Waals surface area contributed by atoms with Crippen molar-refractivity contribution < 1.29 is 18.8 Å². The Bertz CT molecular complexity index is 1120. The van der Waals surface area contributed by atoms with Crippen molar-refractivity contribution in [2.45, 2.75) is 19.8 Å². The Balaban J connectivity index is 1.36. The van der Waals surface area contributed by atoms with E-state index in [1.165, 1.54) is 22.9 Å². The standard InChI is InChI=1S/C20H17FN6O3/c1-12-23-24-25-27(12)17-11-13(8-9-16(17)21)22-18(28)7-4-10-26-19(29)14-5-2-3-6-15(14)20(26)30/h2-3,5-6,8-9,11H,4,7,10H2,1H3,(H,22,28). The number of anilines is 1. The van der Waals surface area contributed by atoms with Gasteiger partial charge in [-0.05, 0) is 54.1 Å². The molecule has 0 atom stereocenters. The average Bonchev–Trinajstić information content (AvgIpc) is 3.26. The van der Waals surface area contributed by atoms with Gasteiger partial charge in [0.1, 0.15) is 11.5 Å². The lowest BCUT2D eigenvalue weighted by atomic mass is 10.1. The second-order valence-corrected chi connectivity index (χ2v) is 6.76. The maximum atomic E-state index is 14.1. The van der Waals surface area contributed by atoms with Gasteiger partial charge < -0.3 is 5.32 Å². The van der Waals surface area contributed by atoms with Crippen LogP contribution in [0, 0.1) is 12.7 Å². The first kappa shape index (κ1) is 19.4. The molecule has 3 aromatic rings. The first-order valence-corrected chi connectivity index (χ1v) is 9.25. The molecule has 0 saturated carbocycles. The van der Waals surface area contributed by atoms with Crippen molar-refractivity contribution >= 4 is 23.4 Å². The van der Waals surface area contributed by atoms with E-state index in [1.807, 2.05) is 0 Å². The highest BCUT2D eigenvalue weighted by Crippen LogP contribution is 2.23. The molecule has 2 heterocycles. The van der Waals surface area contributed by atoms with E-state index < -0.39 is 5.82 Å². The fraction of sp³-hybridized carbons (Fsp3) is 0.200. The summed E-state index contributed by atoms with van der Waals surface area (Å²) in [5, 5.41) is 13.6. The number of nitrogens with zero attached hydrogens (tertiary/aromatic N) is 5. The van der Waals surface area contributed by atoms with Crippen LogP contribution in [0.3, 0.4) is 0 Å². The quantitative estimate of drug-likeness (QED) is 0.626. The molecule has 0 radical (unpaired) electrons. The van der Waals surface area contributed by atoms with Gasteiger partial charge in [-0.25, -0.2) is 4.39 Å². The van der Waals surface area contributed by atoms with Crippen LogP contribution in [-0.2, 0) is 4.79 Å². The molecule has 30 heavy (non-hydrogen) atoms. The molecular formula is C20H17FN6O3. The molecule has 0 spiro atoms. The van der Waals surface area contributed by atoms with Gasteiger partial charge in [0, 0.05) is 18.7 Å². The molecule has 4 rings (SSSR count). The van der Waals surface area contributed by atoms with Crippen LogP contribution in [0.2, 0.25) is 0 Å². The first-order valence-electron chi connectivity index (χ1n) is 9.25. The predicted molar refractivity (Wildman–Crippen MR) is 104 cm³/mol. The summed E-state index contributed by atoms with van der Waals surface area (Å²) in [6.07, 6.45) is 0.390. The van der Waals surface area contributed by atoms with E-state index in [1.54, 1.807) is 31.2 Å². The Morgan fingerprint density at radius 2 is 1.80 bits per heavy atom. The van der Waals surface area contributed by atoms with Crippen molar-refractivity contribution in [3.05, 3.63) is 65.2 Å². The predicted octanol–water partition coefficient (Wildman–Crippen LogP) is 2.12. The van der Waals surface area contributed by atoms with E-state index in [0.29, 0.717) is 29.1 Å². The maximum absolute atomic E-state index is 14.1. The molecule has 0 fully saturated rings. The van der Waals surface area contributed by atoms with Crippen molar-refractivity contribution in [1.29, 1.82) is 0 Å². The highest BCUT2D eigenvalue weighted by atomic mass is 19.1. The number of carbonyl (C=O) groups excluding carboxylic acids is 3. The number of tetrazole rings is 1. The van der Waals surface area contributed by atoms with E-state index in [9.17, 15) is 18.8 Å². The van der Waals surface area contributed by atoms with Crippen molar-refractivity contribution in [2.75, 3.05) is 11.9 Å². The zero-order valence-electron chi connectivity index (χ0n) is 16.0. The summed E-state index contributed by atoms with van der Waals surface area (Å²) in [7, 11) is 0. The van der Waals surface area contributed by atoms with Gasteiger partial charge in [-0.3, -0.25) is 19.3 Å². The number of fused-ring (bicyclic) bond motifs is 1. The molecular weight excluding hydrogens is 391 g/mol. The fourth-order valence-electron chi connectivity index (χ4n) is 3.27. The Hall–Kier alpha value is -3.95. The van der Waals surface area contributed by atoms with E-state index in [4.69, 9.17) is 0 Å². The summed E-state index contributed by atoms with van der Waals surface area (Å²) in [5.74, 6) is -1.16. The number of carbonyl (C=O) groups is 3. The number of benzene rings is 2. The lowest BCUT2D eigenvalue weighted by Crippen LogP contribution is -2.31. The van der Waals surface area contributed by atoms with Crippen LogP contribution in [0.5, 0.6) is 0 Å². The lowest BCUT2D eigenvalue weighted by molar-refractivity contribution is -0.116. The van der Waals surface area contributed by atoms with E-state index in [-0.39, 0.29) is 36.4 Å². The van der Waals surface area contributed by atoms with Crippen LogP contribution in [0.4, 0.5) is 10.1 Å². The van der Waals surface area contributed by atoms with Crippen LogP contribution >= 0.6 is 0 Å². The van der Waals surface area contributed by atoms with Crippen molar-refractivity contribution in [1.82, 2.24) is 25.1 Å². The normalized spacial score (nSPS) is 12.9. The van der Waals surface area contributed by atoms with Gasteiger partial charge in [0.15, 0.2) is 5.82 Å². The molecule has 0 bridgehead atoms. The molecule has 1 aliphatic heterocycles. The van der Waals surface area contributed by atoms with Crippen molar-refractivity contribution in [2.24, 2.45) is 0 Å². The molecule has 0 saturated heterocycles. The number of halogens is 1. The zero-order chi connectivity index (χ0) is 21.3. The Kier molecular flexibility index (Phi) is 5.05. The molecule has 1 N–H and O–H groups in total. The van der Waals surface area contributed by atoms with Gasteiger partial charge >= 0.3 is 0 Å². The minimum atomic E-state index is -0.533. The number of amides is 3. The summed E-state index contributed by atoms with van der Waals surface area (Å²) in [6, 6.07) is 10.7. The third-order valence-corrected chi connectivity index (χ3v) is 4.75. The molecule has 1 aromatic heterocycles. The first-order chi connectivity index (χ1) is 14.5. The van der Waals surface area contributed by atoms with Crippen LogP contribution < -0.4 is 5.32 Å². The average molecular weight is 408 g/mol. The van der Waals surface area contributed by atoms with Gasteiger partial charge in [0.05, 0.1) is 11.1 Å². The number of rotatable bonds is 6. The summed E-state index contributed by atoms with van der Waals surface area (Å²) in [6.45, 7) is 1.77. The van der Waals surface area contributed by atoms with Crippen LogP contribution in [0.15, 0.2) is 42.5 Å². The molecule has 3 amide bonds. The molecule has 2 aromatic carbocycles. The highest BCUT2D eigenvalue weighted by Gasteiger charge is 2.34. The van der Waals surface area contributed by atoms with E-state index in [2.05, 4.69) is 20.8 Å². The Morgan fingerprint density at radius 3 is 2.43 bits per heavy atom. The van der Waals surface area contributed by atoms with E-state index >= 15 is 0 Å².